The second kappa shape index (κ2) is 9.11. The summed E-state index contributed by atoms with van der Waals surface area (Å²) in [5.74, 6) is 0.434. The fourth-order valence-corrected chi connectivity index (χ4v) is 6.14. The van der Waals surface area contributed by atoms with Crippen LogP contribution >= 0.6 is 11.6 Å². The predicted octanol–water partition coefficient (Wildman–Crippen LogP) is 4.47. The Morgan fingerprint density at radius 1 is 1.06 bits per heavy atom. The molecule has 9 heteroatoms. The molecular weight excluding hydrogens is 486 g/mol. The lowest BCUT2D eigenvalue weighted by Gasteiger charge is -2.24. The number of amides is 1. The summed E-state index contributed by atoms with van der Waals surface area (Å²) in [5.41, 5.74) is 0.912. The Kier molecular flexibility index (Phi) is 6.13. The van der Waals surface area contributed by atoms with Gasteiger partial charge in [-0.1, -0.05) is 35.9 Å². The molecule has 0 spiro atoms. The highest BCUT2D eigenvalue weighted by Gasteiger charge is 2.39. The topological polar surface area (TPSA) is 79.8 Å². The number of halogens is 1. The normalized spacial score (nSPS) is 16.5. The molecule has 0 N–H and O–H groups in total. The Bertz CT molecular complexity index is 1560. The van der Waals surface area contributed by atoms with Gasteiger partial charge in [0.25, 0.3) is 0 Å². The van der Waals surface area contributed by atoms with E-state index in [1.165, 1.54) is 11.4 Å². The van der Waals surface area contributed by atoms with Crippen molar-refractivity contribution in [1.29, 1.82) is 0 Å². The highest BCUT2D eigenvalue weighted by Crippen LogP contribution is 2.29. The van der Waals surface area contributed by atoms with Crippen LogP contribution in [0.5, 0.6) is 5.75 Å². The van der Waals surface area contributed by atoms with Gasteiger partial charge in [0.15, 0.2) is 0 Å². The van der Waals surface area contributed by atoms with Crippen LogP contribution in [0.2, 0.25) is 5.15 Å². The molecule has 1 atom stereocenters. The van der Waals surface area contributed by atoms with Crippen LogP contribution in [0.1, 0.15) is 12.0 Å². The third kappa shape index (κ3) is 4.33. The number of sulfonamides is 1. The van der Waals surface area contributed by atoms with Crippen molar-refractivity contribution in [1.82, 2.24) is 14.2 Å². The maximum Gasteiger partial charge on any atom is 0.243 e. The molecule has 1 aliphatic heterocycles. The van der Waals surface area contributed by atoms with E-state index in [2.05, 4.69) is 4.98 Å². The number of ether oxygens (including phenoxy) is 1. The molecule has 4 aromatic rings. The van der Waals surface area contributed by atoms with Crippen molar-refractivity contribution in [2.75, 3.05) is 20.7 Å². The Labute approximate surface area is 208 Å². The molecule has 1 aromatic heterocycles. The number of carbonyl (C=O) groups excluding carboxylic acids is 1. The number of aromatic nitrogens is 1. The lowest BCUT2D eigenvalue weighted by molar-refractivity contribution is -0.131. The minimum Gasteiger partial charge on any atom is -0.497 e. The third-order valence-corrected chi connectivity index (χ3v) is 8.72. The number of likely N-dealkylation sites (N-methyl/N-ethyl adjacent to an activating group) is 1. The first kappa shape index (κ1) is 23.5. The molecule has 1 amide bonds. The summed E-state index contributed by atoms with van der Waals surface area (Å²) in [5, 5.41) is 3.86. The standard InChI is InChI=1S/C26H24ClN3O4S/c1-29(35(32,33)22-8-6-18-5-7-21(34-2)14-20(18)15-22)24-10-12-30(26(24)31)16-17-3-4-19-9-11-28-25(27)23(19)13-17/h3-9,11,13-15,24H,10,12,16H2,1-2H3/t24-/m0/s1. The number of nitrogens with zero attached hydrogens (tertiary/aromatic N) is 3. The maximum atomic E-state index is 13.4. The quantitative estimate of drug-likeness (QED) is 0.358. The molecule has 5 rings (SSSR count). The Hall–Kier alpha value is -3.20. The van der Waals surface area contributed by atoms with Crippen molar-refractivity contribution in [2.45, 2.75) is 23.9 Å². The van der Waals surface area contributed by atoms with Crippen molar-refractivity contribution in [2.24, 2.45) is 0 Å². The van der Waals surface area contributed by atoms with Gasteiger partial charge >= 0.3 is 0 Å². The van der Waals surface area contributed by atoms with Crippen molar-refractivity contribution < 1.29 is 17.9 Å². The highest BCUT2D eigenvalue weighted by atomic mass is 35.5. The summed E-state index contributed by atoms with van der Waals surface area (Å²) in [4.78, 5) is 19.2. The van der Waals surface area contributed by atoms with Crippen molar-refractivity contribution in [3.8, 4) is 5.75 Å². The highest BCUT2D eigenvalue weighted by molar-refractivity contribution is 7.89. The minimum atomic E-state index is -3.88. The molecule has 0 radical (unpaired) electrons. The smallest absolute Gasteiger partial charge is 0.243 e. The number of pyridine rings is 1. The van der Waals surface area contributed by atoms with E-state index < -0.39 is 16.1 Å². The lowest BCUT2D eigenvalue weighted by Crippen LogP contribution is -2.42. The van der Waals surface area contributed by atoms with Crippen LogP contribution in [0.3, 0.4) is 0 Å². The van der Waals surface area contributed by atoms with Gasteiger partial charge in [-0.2, -0.15) is 4.31 Å². The van der Waals surface area contributed by atoms with Gasteiger partial charge in [-0.25, -0.2) is 13.4 Å². The number of carbonyl (C=O) groups is 1. The number of fused-ring (bicyclic) bond motifs is 2. The van der Waals surface area contributed by atoms with Crippen LogP contribution in [0.15, 0.2) is 71.8 Å². The summed E-state index contributed by atoms with van der Waals surface area (Å²) in [6.45, 7) is 0.844. The van der Waals surface area contributed by atoms with Gasteiger partial charge in [-0.15, -0.1) is 0 Å². The monoisotopic (exact) mass is 509 g/mol. The molecule has 3 aromatic carbocycles. The lowest BCUT2D eigenvalue weighted by atomic mass is 10.1. The zero-order valence-electron chi connectivity index (χ0n) is 19.3. The zero-order valence-corrected chi connectivity index (χ0v) is 20.9. The van der Waals surface area contributed by atoms with Crippen molar-refractivity contribution in [3.05, 3.63) is 77.6 Å². The molecule has 0 aliphatic carbocycles. The molecule has 1 fully saturated rings. The first-order chi connectivity index (χ1) is 16.8. The van der Waals surface area contributed by atoms with Crippen molar-refractivity contribution >= 4 is 49.1 Å². The number of rotatable bonds is 6. The SMILES string of the molecule is COc1ccc2ccc(S(=O)(=O)N(C)[C@H]3CCN(Cc4ccc5ccnc(Cl)c5c4)C3=O)cc2c1. The second-order valence-electron chi connectivity index (χ2n) is 8.62. The van der Waals surface area contributed by atoms with Crippen LogP contribution in [-0.4, -0.2) is 55.3 Å². The number of methoxy groups -OCH3 is 1. The molecule has 0 saturated carbocycles. The van der Waals surface area contributed by atoms with E-state index in [9.17, 15) is 13.2 Å². The van der Waals surface area contributed by atoms with E-state index >= 15 is 0 Å². The molecule has 7 nitrogen and oxygen atoms in total. The fraction of sp³-hybridized carbons (Fsp3) is 0.231. The molecule has 1 saturated heterocycles. The van der Waals surface area contributed by atoms with Gasteiger partial charge in [0.2, 0.25) is 15.9 Å². The average Bonchev–Trinajstić information content (AvgIpc) is 3.22. The van der Waals surface area contributed by atoms with E-state index in [-0.39, 0.29) is 10.8 Å². The first-order valence-electron chi connectivity index (χ1n) is 11.2. The molecule has 1 aliphatic rings. The van der Waals surface area contributed by atoms with Gasteiger partial charge in [-0.05, 0) is 64.5 Å². The summed E-state index contributed by atoms with van der Waals surface area (Å²) in [6.07, 6.45) is 2.08. The van der Waals surface area contributed by atoms with Crippen LogP contribution in [0.25, 0.3) is 21.5 Å². The molecule has 0 unspecified atom stereocenters. The Balaban J connectivity index is 1.36. The number of benzene rings is 3. The van der Waals surface area contributed by atoms with Crippen LogP contribution in [-0.2, 0) is 21.4 Å². The average molecular weight is 510 g/mol. The van der Waals surface area contributed by atoms with Gasteiger partial charge in [-0.3, -0.25) is 4.79 Å². The third-order valence-electron chi connectivity index (χ3n) is 6.56. The molecule has 35 heavy (non-hydrogen) atoms. The van der Waals surface area contributed by atoms with Gasteiger partial charge in [0, 0.05) is 31.7 Å². The van der Waals surface area contributed by atoms with Gasteiger partial charge in [0.05, 0.1) is 12.0 Å². The molecule has 180 valence electrons. The summed E-state index contributed by atoms with van der Waals surface area (Å²) < 4.78 is 33.3. The van der Waals surface area contributed by atoms with E-state index in [1.54, 1.807) is 42.5 Å². The Morgan fingerprint density at radius 3 is 2.63 bits per heavy atom. The maximum absolute atomic E-state index is 13.4. The van der Waals surface area contributed by atoms with Crippen molar-refractivity contribution in [3.63, 3.8) is 0 Å². The predicted molar refractivity (Wildman–Crippen MR) is 136 cm³/mol. The molecule has 0 bridgehead atoms. The number of hydrogen-bond donors (Lipinski definition) is 0. The summed E-state index contributed by atoms with van der Waals surface area (Å²) in [7, 11) is -0.841. The van der Waals surface area contributed by atoms with Crippen LogP contribution in [0, 0.1) is 0 Å². The summed E-state index contributed by atoms with van der Waals surface area (Å²) in [6, 6.07) is 17.4. The molecule has 2 heterocycles. The van der Waals surface area contributed by atoms with E-state index in [4.69, 9.17) is 16.3 Å². The summed E-state index contributed by atoms with van der Waals surface area (Å²) >= 11 is 6.23. The van der Waals surface area contributed by atoms with Gasteiger partial charge in [0.1, 0.15) is 16.9 Å². The fourth-order valence-electron chi connectivity index (χ4n) is 4.54. The van der Waals surface area contributed by atoms with Gasteiger partial charge < -0.3 is 9.64 Å². The molecular formula is C26H24ClN3O4S. The van der Waals surface area contributed by atoms with E-state index in [0.29, 0.717) is 30.4 Å². The zero-order chi connectivity index (χ0) is 24.7. The minimum absolute atomic E-state index is 0.142. The van der Waals surface area contributed by atoms with E-state index in [0.717, 1.165) is 27.1 Å². The number of hydrogen-bond acceptors (Lipinski definition) is 5. The van der Waals surface area contributed by atoms with Crippen LogP contribution < -0.4 is 4.74 Å². The first-order valence-corrected chi connectivity index (χ1v) is 13.0. The number of likely N-dealkylation sites (tertiary alicyclic amines) is 1. The Morgan fingerprint density at radius 2 is 1.83 bits per heavy atom. The van der Waals surface area contributed by atoms with Crippen LogP contribution in [0.4, 0.5) is 0 Å². The second-order valence-corrected chi connectivity index (χ2v) is 11.0. The van der Waals surface area contributed by atoms with E-state index in [1.807, 2.05) is 36.4 Å². The largest absolute Gasteiger partial charge is 0.497 e.